The smallest absolute Gasteiger partial charge is 0.328 e. The second-order valence-electron chi connectivity index (χ2n) is 6.46. The van der Waals surface area contributed by atoms with Crippen molar-refractivity contribution in [2.24, 2.45) is 0 Å². The van der Waals surface area contributed by atoms with E-state index in [1.165, 1.54) is 7.11 Å². The van der Waals surface area contributed by atoms with Crippen molar-refractivity contribution in [1.82, 2.24) is 5.32 Å². The van der Waals surface area contributed by atoms with Crippen molar-refractivity contribution >= 4 is 27.8 Å². The van der Waals surface area contributed by atoms with Crippen molar-refractivity contribution in [2.45, 2.75) is 32.2 Å². The van der Waals surface area contributed by atoms with Crippen molar-refractivity contribution in [2.75, 3.05) is 13.7 Å². The molecule has 0 aromatic heterocycles. The molecule has 6 heteroatoms. The summed E-state index contributed by atoms with van der Waals surface area (Å²) in [5.41, 5.74) is 1.94. The fourth-order valence-corrected chi connectivity index (χ4v) is 3.05. The number of carbonyl (C=O) groups excluding carboxylic acids is 2. The molecule has 5 nitrogen and oxygen atoms in total. The Morgan fingerprint density at radius 3 is 2.44 bits per heavy atom. The summed E-state index contributed by atoms with van der Waals surface area (Å²) in [7, 11) is 1.31. The van der Waals surface area contributed by atoms with E-state index in [9.17, 15) is 9.59 Å². The minimum atomic E-state index is -0.761. The number of amides is 1. The lowest BCUT2D eigenvalue weighted by atomic mass is 10.0. The summed E-state index contributed by atoms with van der Waals surface area (Å²) in [6.07, 6.45) is 0.356. The van der Waals surface area contributed by atoms with Crippen LogP contribution in [0.3, 0.4) is 0 Å². The zero-order valence-corrected chi connectivity index (χ0v) is 17.3. The fourth-order valence-electron chi connectivity index (χ4n) is 2.67. The summed E-state index contributed by atoms with van der Waals surface area (Å²) in [6, 6.07) is 14.4. The van der Waals surface area contributed by atoms with E-state index in [1.54, 1.807) is 0 Å². The average Bonchev–Trinajstić information content (AvgIpc) is 2.66. The highest BCUT2D eigenvalue weighted by molar-refractivity contribution is 9.10. The topological polar surface area (TPSA) is 64.6 Å². The van der Waals surface area contributed by atoms with Gasteiger partial charge in [0.05, 0.1) is 7.11 Å². The molecule has 0 aliphatic carbocycles. The molecular formula is C21H24BrNO4. The Bertz CT molecular complexity index is 777. The molecule has 2 aromatic rings. The predicted octanol–water partition coefficient (Wildman–Crippen LogP) is 3.85. The summed E-state index contributed by atoms with van der Waals surface area (Å²) >= 11 is 3.45. The van der Waals surface area contributed by atoms with Crippen LogP contribution in [0.4, 0.5) is 0 Å². The molecular weight excluding hydrogens is 410 g/mol. The standard InChI is InChI=1S/C21H24BrNO4/c1-14(2)17-12-16(22)9-10-19(17)27-13-20(24)23-18(21(25)26-3)11-15-7-5-4-6-8-15/h4-10,12,14,18H,11,13H2,1-3H3,(H,23,24). The maximum Gasteiger partial charge on any atom is 0.328 e. The molecule has 1 atom stereocenters. The zero-order chi connectivity index (χ0) is 19.8. The molecule has 0 aliphatic heterocycles. The van der Waals surface area contributed by atoms with E-state index in [0.717, 1.165) is 15.6 Å². The van der Waals surface area contributed by atoms with Crippen LogP contribution in [-0.2, 0) is 20.7 Å². The normalized spacial score (nSPS) is 11.7. The number of halogens is 1. The quantitative estimate of drug-likeness (QED) is 0.642. The van der Waals surface area contributed by atoms with Gasteiger partial charge in [0.2, 0.25) is 0 Å². The third-order valence-corrected chi connectivity index (χ3v) is 4.55. The van der Waals surface area contributed by atoms with Gasteiger partial charge in [0.25, 0.3) is 5.91 Å². The van der Waals surface area contributed by atoms with Gasteiger partial charge < -0.3 is 14.8 Å². The molecule has 0 bridgehead atoms. The largest absolute Gasteiger partial charge is 0.483 e. The monoisotopic (exact) mass is 433 g/mol. The van der Waals surface area contributed by atoms with E-state index >= 15 is 0 Å². The molecule has 0 saturated heterocycles. The molecule has 0 fully saturated rings. The van der Waals surface area contributed by atoms with Crippen molar-refractivity contribution in [1.29, 1.82) is 0 Å². The highest BCUT2D eigenvalue weighted by atomic mass is 79.9. The molecule has 2 rings (SSSR count). The van der Waals surface area contributed by atoms with Crippen LogP contribution in [0.1, 0.15) is 30.9 Å². The van der Waals surface area contributed by atoms with Crippen LogP contribution in [0.5, 0.6) is 5.75 Å². The lowest BCUT2D eigenvalue weighted by Gasteiger charge is -2.18. The number of esters is 1. The molecule has 0 saturated carbocycles. The molecule has 1 N–H and O–H groups in total. The number of nitrogens with one attached hydrogen (secondary N) is 1. The van der Waals surface area contributed by atoms with Gasteiger partial charge in [-0.2, -0.15) is 0 Å². The lowest BCUT2D eigenvalue weighted by Crippen LogP contribution is -2.45. The fraction of sp³-hybridized carbons (Fsp3) is 0.333. The number of carbonyl (C=O) groups is 2. The predicted molar refractivity (Wildman–Crippen MR) is 108 cm³/mol. The van der Waals surface area contributed by atoms with E-state index in [4.69, 9.17) is 9.47 Å². The van der Waals surface area contributed by atoms with Gasteiger partial charge in [-0.15, -0.1) is 0 Å². The summed E-state index contributed by atoms with van der Waals surface area (Å²) in [5.74, 6) is 0.0418. The Hall–Kier alpha value is -2.34. The molecule has 0 aliphatic rings. The first-order chi connectivity index (χ1) is 12.9. The Kier molecular flexibility index (Phi) is 7.85. The van der Waals surface area contributed by atoms with Gasteiger partial charge in [-0.3, -0.25) is 4.79 Å². The van der Waals surface area contributed by atoms with E-state index in [0.29, 0.717) is 12.2 Å². The first-order valence-electron chi connectivity index (χ1n) is 8.74. The first-order valence-corrected chi connectivity index (χ1v) is 9.53. The van der Waals surface area contributed by atoms with Gasteiger partial charge in [-0.1, -0.05) is 60.1 Å². The minimum Gasteiger partial charge on any atom is -0.483 e. The van der Waals surface area contributed by atoms with Crippen molar-refractivity contribution in [3.8, 4) is 5.75 Å². The van der Waals surface area contributed by atoms with Crippen molar-refractivity contribution in [3.05, 3.63) is 64.1 Å². The third kappa shape index (κ3) is 6.40. The van der Waals surface area contributed by atoms with Crippen molar-refractivity contribution < 1.29 is 19.1 Å². The zero-order valence-electron chi connectivity index (χ0n) is 15.7. The second kappa shape index (κ2) is 10.1. The highest BCUT2D eigenvalue weighted by Crippen LogP contribution is 2.29. The number of ether oxygens (including phenoxy) is 2. The van der Waals surface area contributed by atoms with Crippen LogP contribution < -0.4 is 10.1 Å². The van der Waals surface area contributed by atoms with Gasteiger partial charge in [-0.05, 0) is 35.2 Å². The molecule has 1 amide bonds. The van der Waals surface area contributed by atoms with Crippen LogP contribution in [0.25, 0.3) is 0 Å². The molecule has 0 heterocycles. The Labute approximate surface area is 168 Å². The van der Waals surface area contributed by atoms with Gasteiger partial charge in [0, 0.05) is 10.9 Å². The van der Waals surface area contributed by atoms with Crippen LogP contribution >= 0.6 is 15.9 Å². The molecule has 0 radical (unpaired) electrons. The van der Waals surface area contributed by atoms with E-state index < -0.39 is 12.0 Å². The van der Waals surface area contributed by atoms with Crippen LogP contribution in [0.2, 0.25) is 0 Å². The maximum absolute atomic E-state index is 12.3. The van der Waals surface area contributed by atoms with Gasteiger partial charge in [0.15, 0.2) is 6.61 Å². The molecule has 27 heavy (non-hydrogen) atoms. The van der Waals surface area contributed by atoms with Crippen LogP contribution in [-0.4, -0.2) is 31.6 Å². The number of benzene rings is 2. The number of hydrogen-bond acceptors (Lipinski definition) is 4. The third-order valence-electron chi connectivity index (χ3n) is 4.06. The number of rotatable bonds is 8. The van der Waals surface area contributed by atoms with E-state index in [1.807, 2.05) is 48.5 Å². The van der Waals surface area contributed by atoms with E-state index in [2.05, 4.69) is 35.1 Å². The molecule has 144 valence electrons. The summed E-state index contributed by atoms with van der Waals surface area (Å²) in [5, 5.41) is 2.70. The highest BCUT2D eigenvalue weighted by Gasteiger charge is 2.22. The summed E-state index contributed by atoms with van der Waals surface area (Å²) in [6.45, 7) is 3.94. The van der Waals surface area contributed by atoms with Crippen LogP contribution in [0, 0.1) is 0 Å². The van der Waals surface area contributed by atoms with Crippen molar-refractivity contribution in [3.63, 3.8) is 0 Å². The average molecular weight is 434 g/mol. The molecule has 0 spiro atoms. The summed E-state index contributed by atoms with van der Waals surface area (Å²) in [4.78, 5) is 24.4. The lowest BCUT2D eigenvalue weighted by molar-refractivity contribution is -0.145. The Morgan fingerprint density at radius 2 is 1.81 bits per heavy atom. The van der Waals surface area contributed by atoms with Gasteiger partial charge in [-0.25, -0.2) is 4.79 Å². The second-order valence-corrected chi connectivity index (χ2v) is 7.37. The first kappa shape index (κ1) is 21.0. The van der Waals surface area contributed by atoms with E-state index in [-0.39, 0.29) is 18.4 Å². The van der Waals surface area contributed by atoms with Crippen LogP contribution in [0.15, 0.2) is 53.0 Å². The minimum absolute atomic E-state index is 0.177. The summed E-state index contributed by atoms with van der Waals surface area (Å²) < 4.78 is 11.5. The number of methoxy groups -OCH3 is 1. The SMILES string of the molecule is COC(=O)C(Cc1ccccc1)NC(=O)COc1ccc(Br)cc1C(C)C. The maximum atomic E-state index is 12.3. The number of hydrogen-bond donors (Lipinski definition) is 1. The van der Waals surface area contributed by atoms with Gasteiger partial charge in [0.1, 0.15) is 11.8 Å². The molecule has 1 unspecified atom stereocenters. The Balaban J connectivity index is 2.01. The van der Waals surface area contributed by atoms with Gasteiger partial charge >= 0.3 is 5.97 Å². The Morgan fingerprint density at radius 1 is 1.11 bits per heavy atom. The molecule has 2 aromatic carbocycles.